The molecule has 12 aromatic rings. The highest BCUT2D eigenvalue weighted by atomic mass is 16.3. The van der Waals surface area contributed by atoms with Gasteiger partial charge >= 0.3 is 0 Å². The van der Waals surface area contributed by atoms with E-state index in [1.165, 1.54) is 0 Å². The van der Waals surface area contributed by atoms with Crippen molar-refractivity contribution in [2.45, 2.75) is 0 Å². The van der Waals surface area contributed by atoms with Gasteiger partial charge in [-0.25, -0.2) is 0 Å². The van der Waals surface area contributed by atoms with Crippen LogP contribution in [0.3, 0.4) is 0 Å². The van der Waals surface area contributed by atoms with Gasteiger partial charge in [0.2, 0.25) is 23.0 Å². The number of hydrogen-bond donors (Lipinski definition) is 0. The van der Waals surface area contributed by atoms with Crippen LogP contribution in [0.1, 0.15) is 0 Å². The Balaban J connectivity index is 1.10. The molecule has 0 aliphatic carbocycles. The molecule has 0 aliphatic heterocycles. The summed E-state index contributed by atoms with van der Waals surface area (Å²) < 4.78 is 21.6. The van der Waals surface area contributed by atoms with E-state index in [9.17, 15) is 0 Å². The van der Waals surface area contributed by atoms with E-state index in [0.29, 0.717) is 11.4 Å². The largest absolute Gasteiger partial charge is 0.436 e. The second-order valence-corrected chi connectivity index (χ2v) is 12.7. The summed E-state index contributed by atoms with van der Waals surface area (Å²) >= 11 is 0. The average Bonchev–Trinajstić information content (AvgIpc) is 3.98. The maximum Gasteiger partial charge on any atom is 0.248 e. The molecule has 0 radical (unpaired) electrons. The van der Waals surface area contributed by atoms with Gasteiger partial charge in [0.25, 0.3) is 0 Å². The molecule has 0 N–H and O–H groups in total. The van der Waals surface area contributed by atoms with Gasteiger partial charge in [0, 0.05) is 22.1 Å². The van der Waals surface area contributed by atoms with Crippen LogP contribution >= 0.6 is 0 Å². The smallest absolute Gasteiger partial charge is 0.248 e. The minimum Gasteiger partial charge on any atom is -0.436 e. The van der Waals surface area contributed by atoms with Gasteiger partial charge in [-0.2, -0.15) is 9.97 Å². The Labute approximate surface area is 282 Å². The zero-order valence-corrected chi connectivity index (χ0v) is 26.4. The monoisotopic (exact) mass is 644 g/mol. The third-order valence-electron chi connectivity index (χ3n) is 10.0. The van der Waals surface area contributed by atoms with Crippen LogP contribution in [0.5, 0.6) is 0 Å². The number of benzene rings is 6. The summed E-state index contributed by atoms with van der Waals surface area (Å²) in [6.07, 6.45) is 0. The summed E-state index contributed by atoms with van der Waals surface area (Å²) in [5.41, 5.74) is 13.3. The maximum absolute atomic E-state index is 6.39. The molecule has 6 aromatic carbocycles. The van der Waals surface area contributed by atoms with Gasteiger partial charge in [-0.1, -0.05) is 72.8 Å². The van der Waals surface area contributed by atoms with Gasteiger partial charge in [0.15, 0.2) is 0 Å². The van der Waals surface area contributed by atoms with E-state index in [4.69, 9.17) is 18.8 Å². The summed E-state index contributed by atoms with van der Waals surface area (Å²) in [5, 5.41) is 2.02. The standard InChI is InChI=1S/C42H24N6O2/c1-3-11-27(12-4-1)45-31-15-7-9-17-33(31)47-37-29-23-25(19-21-35(29)49-39(37)43-41(45)47)26-20-22-36-30(24-26)38-40(50-36)44-42-46(28-13-5-2-6-14-28)32-16-8-10-18-34(32)48(38)42/h1-24H. The van der Waals surface area contributed by atoms with Gasteiger partial charge in [-0.15, -0.1) is 0 Å². The number of hydrogen-bond acceptors (Lipinski definition) is 4. The lowest BCUT2D eigenvalue weighted by Gasteiger charge is -2.04. The van der Waals surface area contributed by atoms with Crippen LogP contribution < -0.4 is 0 Å². The molecule has 0 amide bonds. The SMILES string of the molecule is c1ccc(-n2c3ccccc3n3c4c(nc23)oc2ccc(-c3ccc5oc6nc7n(-c8ccccc8)c8ccccc8n7c6c5c3)cc24)cc1. The van der Waals surface area contributed by atoms with Crippen molar-refractivity contribution >= 4 is 78.0 Å². The fourth-order valence-corrected chi connectivity index (χ4v) is 7.89. The number of para-hydroxylation sites is 6. The molecular weight excluding hydrogens is 621 g/mol. The molecular formula is C42H24N6O2. The number of imidazole rings is 4. The van der Waals surface area contributed by atoms with Crippen molar-refractivity contribution in [1.82, 2.24) is 27.9 Å². The molecule has 0 bridgehead atoms. The predicted molar refractivity (Wildman–Crippen MR) is 198 cm³/mol. The van der Waals surface area contributed by atoms with Gasteiger partial charge in [-0.05, 0) is 83.9 Å². The van der Waals surface area contributed by atoms with Crippen LogP contribution in [0.25, 0.3) is 101 Å². The highest BCUT2D eigenvalue weighted by molar-refractivity contribution is 6.09. The van der Waals surface area contributed by atoms with E-state index in [1.54, 1.807) is 0 Å². The summed E-state index contributed by atoms with van der Waals surface area (Å²) in [6, 6.07) is 50.3. The van der Waals surface area contributed by atoms with E-state index in [0.717, 1.165) is 89.1 Å². The molecule has 0 aliphatic rings. The highest BCUT2D eigenvalue weighted by Crippen LogP contribution is 2.39. The number of furan rings is 2. The number of nitrogens with zero attached hydrogens (tertiary/aromatic N) is 6. The van der Waals surface area contributed by atoms with Crippen molar-refractivity contribution in [1.29, 1.82) is 0 Å². The number of fused-ring (bicyclic) bond motifs is 14. The lowest BCUT2D eigenvalue weighted by molar-refractivity contribution is 0.656. The fraction of sp³-hybridized carbons (Fsp3) is 0. The molecule has 6 aromatic heterocycles. The van der Waals surface area contributed by atoms with E-state index in [1.807, 2.05) is 12.1 Å². The normalized spacial score (nSPS) is 12.4. The lowest BCUT2D eigenvalue weighted by Crippen LogP contribution is -1.94. The van der Waals surface area contributed by atoms with Crippen LogP contribution in [-0.4, -0.2) is 27.9 Å². The number of aromatic nitrogens is 6. The van der Waals surface area contributed by atoms with E-state index in [2.05, 4.69) is 151 Å². The lowest BCUT2D eigenvalue weighted by atomic mass is 10.0. The van der Waals surface area contributed by atoms with Crippen molar-refractivity contribution in [3.8, 4) is 22.5 Å². The molecule has 0 spiro atoms. The molecule has 0 unspecified atom stereocenters. The second-order valence-electron chi connectivity index (χ2n) is 12.7. The molecule has 8 nitrogen and oxygen atoms in total. The van der Waals surface area contributed by atoms with Crippen molar-refractivity contribution in [2.24, 2.45) is 0 Å². The van der Waals surface area contributed by atoms with Crippen molar-refractivity contribution < 1.29 is 8.83 Å². The molecule has 6 heterocycles. The molecule has 0 saturated heterocycles. The van der Waals surface area contributed by atoms with Crippen molar-refractivity contribution in [3.05, 3.63) is 146 Å². The molecule has 50 heavy (non-hydrogen) atoms. The quantitative estimate of drug-likeness (QED) is 0.192. The Morgan fingerprint density at radius 3 is 1.24 bits per heavy atom. The summed E-state index contributed by atoms with van der Waals surface area (Å²) in [6.45, 7) is 0. The fourth-order valence-electron chi connectivity index (χ4n) is 7.89. The van der Waals surface area contributed by atoms with Gasteiger partial charge in [-0.3, -0.25) is 17.9 Å². The topological polar surface area (TPSA) is 70.7 Å². The molecule has 0 fully saturated rings. The predicted octanol–water partition coefficient (Wildman–Crippen LogP) is 10.3. The highest BCUT2D eigenvalue weighted by Gasteiger charge is 2.24. The Morgan fingerprint density at radius 1 is 0.400 bits per heavy atom. The molecule has 234 valence electrons. The van der Waals surface area contributed by atoms with Crippen LogP contribution in [0.2, 0.25) is 0 Å². The first-order valence-corrected chi connectivity index (χ1v) is 16.6. The van der Waals surface area contributed by atoms with Crippen LogP contribution in [0.15, 0.2) is 154 Å². The molecule has 0 atom stereocenters. The zero-order valence-electron chi connectivity index (χ0n) is 26.4. The number of rotatable bonds is 3. The second kappa shape index (κ2) is 9.30. The Morgan fingerprint density at radius 2 is 0.800 bits per heavy atom. The maximum atomic E-state index is 6.39. The van der Waals surface area contributed by atoms with Crippen LogP contribution in [0, 0.1) is 0 Å². The Kier molecular flexibility index (Phi) is 4.83. The third kappa shape index (κ3) is 3.29. The summed E-state index contributed by atoms with van der Waals surface area (Å²) in [7, 11) is 0. The van der Waals surface area contributed by atoms with Crippen LogP contribution in [-0.2, 0) is 0 Å². The summed E-state index contributed by atoms with van der Waals surface area (Å²) in [4.78, 5) is 10.1. The van der Waals surface area contributed by atoms with E-state index >= 15 is 0 Å². The average molecular weight is 645 g/mol. The molecule has 0 saturated carbocycles. The first-order chi connectivity index (χ1) is 24.8. The Bertz CT molecular complexity index is 3090. The minimum absolute atomic E-state index is 0.617. The van der Waals surface area contributed by atoms with Crippen LogP contribution in [0.4, 0.5) is 0 Å². The van der Waals surface area contributed by atoms with Gasteiger partial charge < -0.3 is 8.83 Å². The molecule has 8 heteroatoms. The minimum atomic E-state index is 0.617. The van der Waals surface area contributed by atoms with Gasteiger partial charge in [0.1, 0.15) is 22.2 Å². The zero-order chi connectivity index (χ0) is 32.5. The van der Waals surface area contributed by atoms with E-state index in [-0.39, 0.29) is 0 Å². The molecule has 12 rings (SSSR count). The first-order valence-electron chi connectivity index (χ1n) is 16.6. The Hall–Kier alpha value is -7.06. The first kappa shape index (κ1) is 26.0. The van der Waals surface area contributed by atoms with Gasteiger partial charge in [0.05, 0.1) is 22.1 Å². The van der Waals surface area contributed by atoms with Crippen molar-refractivity contribution in [2.75, 3.05) is 0 Å². The summed E-state index contributed by atoms with van der Waals surface area (Å²) in [5.74, 6) is 1.64. The van der Waals surface area contributed by atoms with Crippen molar-refractivity contribution in [3.63, 3.8) is 0 Å². The third-order valence-corrected chi connectivity index (χ3v) is 10.0. The van der Waals surface area contributed by atoms with E-state index < -0.39 is 0 Å².